The first-order valence-corrected chi connectivity index (χ1v) is 13.8. The lowest BCUT2D eigenvalue weighted by Crippen LogP contribution is -2.41. The fraction of sp³-hybridized carbons (Fsp3) is 0.742. The molecule has 1 fully saturated rings. The van der Waals surface area contributed by atoms with Crippen LogP contribution in [0.2, 0.25) is 6.32 Å². The first-order valence-electron chi connectivity index (χ1n) is 13.8. The maximum Gasteiger partial charge on any atom is 0.462 e. The molecule has 1 aliphatic rings. The van der Waals surface area contributed by atoms with E-state index in [1.165, 1.54) is 30.4 Å². The molecule has 2 rings (SSSR count). The van der Waals surface area contributed by atoms with Gasteiger partial charge in [-0.05, 0) is 81.8 Å². The van der Waals surface area contributed by atoms with Gasteiger partial charge in [0, 0.05) is 6.32 Å². The van der Waals surface area contributed by atoms with Crippen LogP contribution in [-0.2, 0) is 21.1 Å². The molecular weight excluding hydrogens is 415 g/mol. The van der Waals surface area contributed by atoms with E-state index in [-0.39, 0.29) is 23.7 Å². The number of rotatable bonds is 11. The molecule has 0 saturated carbocycles. The molecule has 0 N–H and O–H groups in total. The molecule has 2 nitrogen and oxygen atoms in total. The zero-order valence-corrected chi connectivity index (χ0v) is 24.3. The van der Waals surface area contributed by atoms with Crippen molar-refractivity contribution in [2.45, 2.75) is 138 Å². The van der Waals surface area contributed by atoms with Gasteiger partial charge in [0.15, 0.2) is 0 Å². The predicted molar refractivity (Wildman–Crippen MR) is 150 cm³/mol. The summed E-state index contributed by atoms with van der Waals surface area (Å²) in [5.41, 5.74) is 5.71. The largest absolute Gasteiger partial charge is 0.462 e. The predicted octanol–water partition coefficient (Wildman–Crippen LogP) is 9.18. The maximum absolute atomic E-state index is 6.44. The van der Waals surface area contributed by atoms with E-state index in [9.17, 15) is 0 Å². The molecule has 0 aromatic heterocycles. The summed E-state index contributed by atoms with van der Waals surface area (Å²) >= 11 is 0. The van der Waals surface area contributed by atoms with Gasteiger partial charge >= 0.3 is 7.12 Å². The number of allylic oxidation sites excluding steroid dienone is 2. The molecule has 3 heteroatoms. The van der Waals surface area contributed by atoms with Crippen LogP contribution >= 0.6 is 0 Å². The van der Waals surface area contributed by atoms with Crippen LogP contribution in [0.15, 0.2) is 35.4 Å². The summed E-state index contributed by atoms with van der Waals surface area (Å²) < 4.78 is 12.9. The molecule has 0 radical (unpaired) electrons. The van der Waals surface area contributed by atoms with E-state index in [4.69, 9.17) is 9.31 Å². The van der Waals surface area contributed by atoms with Gasteiger partial charge in [-0.1, -0.05) is 96.7 Å². The first kappa shape index (κ1) is 29.2. The Bertz CT molecular complexity index is 780. The maximum atomic E-state index is 6.44. The van der Waals surface area contributed by atoms with Crippen molar-refractivity contribution in [1.82, 2.24) is 0 Å². The van der Waals surface area contributed by atoms with Gasteiger partial charge in [0.05, 0.1) is 11.2 Å². The highest BCUT2D eigenvalue weighted by Gasteiger charge is 2.51. The molecule has 1 saturated heterocycles. The highest BCUT2D eigenvalue weighted by Crippen LogP contribution is 2.40. The van der Waals surface area contributed by atoms with Gasteiger partial charge < -0.3 is 9.31 Å². The lowest BCUT2D eigenvalue weighted by Gasteiger charge is -2.32. The second kappa shape index (κ2) is 11.8. The summed E-state index contributed by atoms with van der Waals surface area (Å²) in [4.78, 5) is 0. The van der Waals surface area contributed by atoms with E-state index in [2.05, 4.69) is 100 Å². The van der Waals surface area contributed by atoms with Gasteiger partial charge in [0.2, 0.25) is 0 Å². The molecule has 0 aliphatic carbocycles. The van der Waals surface area contributed by atoms with Crippen molar-refractivity contribution in [2.24, 2.45) is 11.8 Å². The van der Waals surface area contributed by atoms with Gasteiger partial charge in [0.1, 0.15) is 0 Å². The quantitative estimate of drug-likeness (QED) is 0.183. The third-order valence-corrected chi connectivity index (χ3v) is 7.84. The van der Waals surface area contributed by atoms with Crippen LogP contribution < -0.4 is 0 Å². The Balaban J connectivity index is 2.32. The van der Waals surface area contributed by atoms with Crippen LogP contribution in [0.25, 0.3) is 0 Å². The summed E-state index contributed by atoms with van der Waals surface area (Å²) in [5.74, 6) is 1.15. The smallest absolute Gasteiger partial charge is 0.403 e. The van der Waals surface area contributed by atoms with Crippen molar-refractivity contribution in [1.29, 1.82) is 0 Å². The molecule has 0 spiro atoms. The topological polar surface area (TPSA) is 18.5 Å². The van der Waals surface area contributed by atoms with Gasteiger partial charge in [-0.15, -0.1) is 0 Å². The van der Waals surface area contributed by atoms with Crippen molar-refractivity contribution in [3.8, 4) is 0 Å². The molecule has 34 heavy (non-hydrogen) atoms. The molecule has 0 amide bonds. The second-order valence-corrected chi connectivity index (χ2v) is 13.1. The molecular formula is C31H53BO2. The third kappa shape index (κ3) is 7.99. The molecule has 1 atom stereocenters. The van der Waals surface area contributed by atoms with Crippen LogP contribution in [0.1, 0.15) is 119 Å². The lowest BCUT2D eigenvalue weighted by atomic mass is 9.73. The van der Waals surface area contributed by atoms with E-state index < -0.39 is 0 Å². The van der Waals surface area contributed by atoms with Gasteiger partial charge in [-0.2, -0.15) is 0 Å². The fourth-order valence-corrected chi connectivity index (χ4v) is 4.98. The number of unbranched alkanes of at least 4 members (excludes halogenated alkanes) is 2. The van der Waals surface area contributed by atoms with E-state index in [0.717, 1.165) is 25.6 Å². The molecule has 0 bridgehead atoms. The minimum Gasteiger partial charge on any atom is -0.403 e. The van der Waals surface area contributed by atoms with E-state index >= 15 is 0 Å². The molecule has 192 valence electrons. The summed E-state index contributed by atoms with van der Waals surface area (Å²) in [6.07, 6.45) is 8.08. The van der Waals surface area contributed by atoms with Crippen molar-refractivity contribution >= 4 is 7.12 Å². The lowest BCUT2D eigenvalue weighted by molar-refractivity contribution is 0.00578. The third-order valence-electron chi connectivity index (χ3n) is 7.84. The van der Waals surface area contributed by atoms with Crippen LogP contribution in [0.3, 0.4) is 0 Å². The molecule has 1 heterocycles. The minimum absolute atomic E-state index is 0.151. The summed E-state index contributed by atoms with van der Waals surface area (Å²) in [5, 5.41) is 0. The second-order valence-electron chi connectivity index (χ2n) is 13.1. The summed E-state index contributed by atoms with van der Waals surface area (Å²) in [6, 6.07) is 9.32. The Kier molecular flexibility index (Phi) is 10.1. The van der Waals surface area contributed by atoms with Crippen molar-refractivity contribution in [3.05, 3.63) is 46.5 Å². The molecule has 1 aromatic carbocycles. The van der Waals surface area contributed by atoms with E-state index in [1.807, 2.05) is 0 Å². The average Bonchev–Trinajstić information content (AvgIpc) is 2.91. The number of hydrogen-bond acceptors (Lipinski definition) is 2. The minimum atomic E-state index is -0.273. The van der Waals surface area contributed by atoms with Crippen molar-refractivity contribution in [2.75, 3.05) is 0 Å². The van der Waals surface area contributed by atoms with Crippen LogP contribution in [0, 0.1) is 11.8 Å². The van der Waals surface area contributed by atoms with Crippen LogP contribution in [-0.4, -0.2) is 18.3 Å². The Morgan fingerprint density at radius 2 is 1.47 bits per heavy atom. The standard InChI is InChI=1S/C31H53BO2/c1-12-13-14-15-26(22-32-33-30(8,9)31(10,11)34-32)28(20-23(2)3)24(4)21-25-16-18-27(19-17-25)29(5,6)7/h16-19,23-24H,12-15,20-22H2,1-11H3/b28-26-. The Labute approximate surface area is 212 Å². The van der Waals surface area contributed by atoms with Gasteiger partial charge in [-0.3, -0.25) is 0 Å². The monoisotopic (exact) mass is 468 g/mol. The zero-order chi connectivity index (χ0) is 25.7. The SMILES string of the molecule is CCCCC/C(CB1OC(C)(C)C(C)(C)O1)=C(\CC(C)C)C(C)Cc1ccc(C(C)(C)C)cc1. The highest BCUT2D eigenvalue weighted by molar-refractivity contribution is 6.46. The Morgan fingerprint density at radius 3 is 1.94 bits per heavy atom. The number of hydrogen-bond donors (Lipinski definition) is 0. The summed E-state index contributed by atoms with van der Waals surface area (Å²) in [6.45, 7) is 24.9. The molecule has 1 aliphatic heterocycles. The van der Waals surface area contributed by atoms with Crippen LogP contribution in [0.4, 0.5) is 0 Å². The first-order chi connectivity index (χ1) is 15.7. The van der Waals surface area contributed by atoms with Crippen LogP contribution in [0.5, 0.6) is 0 Å². The van der Waals surface area contributed by atoms with Gasteiger partial charge in [0.25, 0.3) is 0 Å². The van der Waals surface area contributed by atoms with Gasteiger partial charge in [-0.25, -0.2) is 0 Å². The zero-order valence-electron chi connectivity index (χ0n) is 24.3. The molecule has 1 unspecified atom stereocenters. The normalized spacial score (nSPS) is 19.5. The number of benzene rings is 1. The van der Waals surface area contributed by atoms with Crippen molar-refractivity contribution in [3.63, 3.8) is 0 Å². The molecule has 1 aromatic rings. The average molecular weight is 469 g/mol. The van der Waals surface area contributed by atoms with E-state index in [0.29, 0.717) is 11.8 Å². The fourth-order valence-electron chi connectivity index (χ4n) is 4.98. The summed E-state index contributed by atoms with van der Waals surface area (Å²) in [7, 11) is -0.151. The Hall–Kier alpha value is -1.06. The van der Waals surface area contributed by atoms with E-state index in [1.54, 1.807) is 11.1 Å². The highest BCUT2D eigenvalue weighted by atomic mass is 16.7. The van der Waals surface area contributed by atoms with Crippen molar-refractivity contribution < 1.29 is 9.31 Å². The Morgan fingerprint density at radius 1 is 0.912 bits per heavy atom.